The standard InChI is InChI=1S/C22H22F2N2O4/c1-3-11-28-18-9-6-15(12-19(18)30-22(23)24)21-26-16(13-29-21)7-8-17(27)20-14(2)5-4-10-25-20/h4-6,9-10,12-13,22H,3,7-8,11H2,1-2H3. The van der Waals surface area contributed by atoms with Crippen molar-refractivity contribution in [3.63, 3.8) is 0 Å². The monoisotopic (exact) mass is 416 g/mol. The van der Waals surface area contributed by atoms with Crippen LogP contribution in [0.4, 0.5) is 8.78 Å². The summed E-state index contributed by atoms with van der Waals surface area (Å²) < 4.78 is 41.0. The second-order valence-corrected chi connectivity index (χ2v) is 6.62. The van der Waals surface area contributed by atoms with Crippen molar-refractivity contribution in [2.24, 2.45) is 0 Å². The lowest BCUT2D eigenvalue weighted by molar-refractivity contribution is -0.0514. The van der Waals surface area contributed by atoms with E-state index in [1.54, 1.807) is 24.4 Å². The van der Waals surface area contributed by atoms with Gasteiger partial charge in [0.2, 0.25) is 5.89 Å². The number of Topliss-reactive ketones (excluding diaryl/α,β-unsaturated/α-hetero) is 1. The number of oxazole rings is 1. The summed E-state index contributed by atoms with van der Waals surface area (Å²) in [7, 11) is 0. The van der Waals surface area contributed by atoms with Crippen LogP contribution < -0.4 is 9.47 Å². The lowest BCUT2D eigenvalue weighted by Crippen LogP contribution is -2.06. The number of ether oxygens (including phenoxy) is 2. The Labute approximate surface area is 172 Å². The minimum Gasteiger partial charge on any atom is -0.490 e. The first-order valence-electron chi connectivity index (χ1n) is 9.59. The Hall–Kier alpha value is -3.29. The van der Waals surface area contributed by atoms with Gasteiger partial charge < -0.3 is 13.9 Å². The minimum absolute atomic E-state index is 0.0808. The van der Waals surface area contributed by atoms with E-state index in [0.717, 1.165) is 12.0 Å². The van der Waals surface area contributed by atoms with Crippen LogP contribution in [0.1, 0.15) is 41.5 Å². The first kappa shape index (κ1) is 21.4. The van der Waals surface area contributed by atoms with E-state index in [2.05, 4.69) is 14.7 Å². The van der Waals surface area contributed by atoms with Gasteiger partial charge in [-0.3, -0.25) is 9.78 Å². The number of aromatic nitrogens is 2. The van der Waals surface area contributed by atoms with Gasteiger partial charge >= 0.3 is 6.61 Å². The molecule has 0 unspecified atom stereocenters. The Bertz CT molecular complexity index is 1000. The molecule has 2 heterocycles. The van der Waals surface area contributed by atoms with Crippen LogP contribution in [0, 0.1) is 6.92 Å². The highest BCUT2D eigenvalue weighted by Crippen LogP contribution is 2.33. The van der Waals surface area contributed by atoms with E-state index in [4.69, 9.17) is 9.15 Å². The molecule has 0 amide bonds. The molecule has 0 atom stereocenters. The maximum atomic E-state index is 12.8. The van der Waals surface area contributed by atoms with Gasteiger partial charge in [-0.2, -0.15) is 8.78 Å². The van der Waals surface area contributed by atoms with Crippen LogP contribution in [0.3, 0.4) is 0 Å². The van der Waals surface area contributed by atoms with Gasteiger partial charge in [0.25, 0.3) is 0 Å². The smallest absolute Gasteiger partial charge is 0.387 e. The van der Waals surface area contributed by atoms with Crippen LogP contribution in [-0.2, 0) is 6.42 Å². The SMILES string of the molecule is CCCOc1ccc(-c2nc(CCC(=O)c3ncccc3C)co2)cc1OC(F)F. The van der Waals surface area contributed by atoms with Crippen molar-refractivity contribution in [2.75, 3.05) is 6.61 Å². The van der Waals surface area contributed by atoms with E-state index in [1.165, 1.54) is 12.3 Å². The van der Waals surface area contributed by atoms with E-state index >= 15 is 0 Å². The number of nitrogens with zero attached hydrogens (tertiary/aromatic N) is 2. The molecule has 1 aromatic carbocycles. The molecule has 0 saturated heterocycles. The summed E-state index contributed by atoms with van der Waals surface area (Å²) in [6.45, 7) is 1.15. The van der Waals surface area contributed by atoms with Crippen LogP contribution in [0.2, 0.25) is 0 Å². The number of pyridine rings is 1. The van der Waals surface area contributed by atoms with Crippen LogP contribution in [-0.4, -0.2) is 29.0 Å². The summed E-state index contributed by atoms with van der Waals surface area (Å²) in [5.41, 5.74) is 2.31. The third-order valence-electron chi connectivity index (χ3n) is 4.30. The molecule has 6 nitrogen and oxygen atoms in total. The molecule has 3 aromatic rings. The van der Waals surface area contributed by atoms with E-state index in [1.807, 2.05) is 19.9 Å². The second kappa shape index (κ2) is 9.96. The van der Waals surface area contributed by atoms with Crippen molar-refractivity contribution in [1.29, 1.82) is 0 Å². The summed E-state index contributed by atoms with van der Waals surface area (Å²) in [6, 6.07) is 8.21. The molecule has 0 fully saturated rings. The van der Waals surface area contributed by atoms with Gasteiger partial charge in [-0.15, -0.1) is 0 Å². The summed E-state index contributed by atoms with van der Waals surface area (Å²) >= 11 is 0. The largest absolute Gasteiger partial charge is 0.490 e. The van der Waals surface area contributed by atoms with Crippen molar-refractivity contribution in [1.82, 2.24) is 9.97 Å². The lowest BCUT2D eigenvalue weighted by atomic mass is 10.1. The Balaban J connectivity index is 1.72. The lowest BCUT2D eigenvalue weighted by Gasteiger charge is -2.12. The first-order chi connectivity index (χ1) is 14.5. The Kier molecular flexibility index (Phi) is 7.11. The topological polar surface area (TPSA) is 74.5 Å². The van der Waals surface area contributed by atoms with Crippen LogP contribution in [0.5, 0.6) is 11.5 Å². The molecular weight excluding hydrogens is 394 g/mol. The van der Waals surface area contributed by atoms with E-state index < -0.39 is 6.61 Å². The highest BCUT2D eigenvalue weighted by atomic mass is 19.3. The Morgan fingerprint density at radius 1 is 1.23 bits per heavy atom. The highest BCUT2D eigenvalue weighted by molar-refractivity contribution is 5.95. The van der Waals surface area contributed by atoms with E-state index in [0.29, 0.717) is 30.0 Å². The summed E-state index contributed by atoms with van der Waals surface area (Å²) in [4.78, 5) is 20.8. The number of ketones is 1. The number of aryl methyl sites for hydroxylation is 2. The van der Waals surface area contributed by atoms with Gasteiger partial charge in [-0.05, 0) is 43.2 Å². The Morgan fingerprint density at radius 2 is 2.07 bits per heavy atom. The van der Waals surface area contributed by atoms with Gasteiger partial charge in [-0.25, -0.2) is 4.98 Å². The van der Waals surface area contributed by atoms with Gasteiger partial charge in [0, 0.05) is 24.6 Å². The van der Waals surface area contributed by atoms with Crippen LogP contribution in [0.15, 0.2) is 47.2 Å². The van der Waals surface area contributed by atoms with Crippen LogP contribution >= 0.6 is 0 Å². The number of rotatable bonds is 10. The molecule has 2 aromatic heterocycles. The molecular formula is C22H22F2N2O4. The third kappa shape index (κ3) is 5.40. The maximum absolute atomic E-state index is 12.8. The molecule has 8 heteroatoms. The van der Waals surface area contributed by atoms with Crippen molar-refractivity contribution in [3.05, 3.63) is 59.7 Å². The van der Waals surface area contributed by atoms with Crippen molar-refractivity contribution in [3.8, 4) is 23.0 Å². The number of hydrogen-bond acceptors (Lipinski definition) is 6. The fraction of sp³-hybridized carbons (Fsp3) is 0.318. The third-order valence-corrected chi connectivity index (χ3v) is 4.30. The molecule has 0 radical (unpaired) electrons. The molecule has 0 bridgehead atoms. The van der Waals surface area contributed by atoms with Crippen LogP contribution in [0.25, 0.3) is 11.5 Å². The number of hydrogen-bond donors (Lipinski definition) is 0. The quantitative estimate of drug-likeness (QED) is 0.420. The normalized spacial score (nSPS) is 11.0. The number of alkyl halides is 2. The number of carbonyl (C=O) groups is 1. The molecule has 158 valence electrons. The molecule has 0 aliphatic heterocycles. The predicted octanol–water partition coefficient (Wildman–Crippen LogP) is 5.25. The van der Waals surface area contributed by atoms with E-state index in [-0.39, 0.29) is 29.6 Å². The van der Waals surface area contributed by atoms with Gasteiger partial charge in [0.1, 0.15) is 12.0 Å². The molecule has 0 N–H and O–H groups in total. The van der Waals surface area contributed by atoms with Gasteiger partial charge in [-0.1, -0.05) is 13.0 Å². The fourth-order valence-electron chi connectivity index (χ4n) is 2.85. The molecule has 0 spiro atoms. The maximum Gasteiger partial charge on any atom is 0.387 e. The minimum atomic E-state index is -2.98. The second-order valence-electron chi connectivity index (χ2n) is 6.62. The van der Waals surface area contributed by atoms with Crippen molar-refractivity contribution < 1.29 is 27.5 Å². The fourth-order valence-corrected chi connectivity index (χ4v) is 2.85. The molecule has 0 saturated carbocycles. The Morgan fingerprint density at radius 3 is 2.80 bits per heavy atom. The summed E-state index contributed by atoms with van der Waals surface area (Å²) in [5.74, 6) is 0.302. The molecule has 0 aliphatic carbocycles. The highest BCUT2D eigenvalue weighted by Gasteiger charge is 2.16. The summed E-state index contributed by atoms with van der Waals surface area (Å²) in [5, 5.41) is 0. The summed E-state index contributed by atoms with van der Waals surface area (Å²) in [6.07, 6.45) is 4.37. The van der Waals surface area contributed by atoms with E-state index in [9.17, 15) is 13.6 Å². The predicted molar refractivity (Wildman–Crippen MR) is 106 cm³/mol. The van der Waals surface area contributed by atoms with Crippen molar-refractivity contribution >= 4 is 5.78 Å². The average Bonchev–Trinajstić information content (AvgIpc) is 3.20. The van der Waals surface area contributed by atoms with Crippen molar-refractivity contribution in [2.45, 2.75) is 39.7 Å². The number of carbonyl (C=O) groups excluding carboxylic acids is 1. The zero-order valence-corrected chi connectivity index (χ0v) is 16.7. The van der Waals surface area contributed by atoms with Gasteiger partial charge in [0.05, 0.1) is 12.3 Å². The number of benzene rings is 1. The average molecular weight is 416 g/mol. The molecule has 3 rings (SSSR count). The molecule has 0 aliphatic rings. The van der Waals surface area contributed by atoms with Gasteiger partial charge in [0.15, 0.2) is 17.3 Å². The number of halogens is 2. The first-order valence-corrected chi connectivity index (χ1v) is 9.59. The zero-order valence-electron chi connectivity index (χ0n) is 16.7. The molecule has 30 heavy (non-hydrogen) atoms. The zero-order chi connectivity index (χ0) is 21.5.